The molecule has 0 spiro atoms. The number of alkyl halides is 1. The summed E-state index contributed by atoms with van der Waals surface area (Å²) in [4.78, 5) is 15.5. The Hall–Kier alpha value is -2.16. The number of halogens is 1. The molecule has 0 saturated carbocycles. The van der Waals surface area contributed by atoms with Gasteiger partial charge in [-0.05, 0) is 47.7 Å². The van der Waals surface area contributed by atoms with Crippen LogP contribution in [0.25, 0.3) is 32.1 Å². The number of nitrogens with one attached hydrogen (secondary N) is 1. The van der Waals surface area contributed by atoms with Crippen LogP contribution in [0.3, 0.4) is 0 Å². The van der Waals surface area contributed by atoms with Crippen molar-refractivity contribution in [1.29, 1.82) is 0 Å². The van der Waals surface area contributed by atoms with Gasteiger partial charge in [0.15, 0.2) is 9.84 Å². The molecule has 1 unspecified atom stereocenters. The molecular formula is C21H18BrNO4S2. The van der Waals surface area contributed by atoms with E-state index in [-0.39, 0.29) is 26.8 Å². The van der Waals surface area contributed by atoms with Crippen LogP contribution >= 0.6 is 27.3 Å². The first-order valence-electron chi connectivity index (χ1n) is 9.00. The molecule has 0 amide bonds. The van der Waals surface area contributed by atoms with E-state index in [9.17, 15) is 18.3 Å². The van der Waals surface area contributed by atoms with E-state index in [0.29, 0.717) is 27.8 Å². The lowest BCUT2D eigenvalue weighted by Gasteiger charge is -2.12. The fourth-order valence-corrected chi connectivity index (χ4v) is 6.17. The zero-order chi connectivity index (χ0) is 20.8. The summed E-state index contributed by atoms with van der Waals surface area (Å²) in [7, 11) is -3.38. The molecule has 8 heteroatoms. The summed E-state index contributed by atoms with van der Waals surface area (Å²) in [6.45, 7) is 1.91. The van der Waals surface area contributed by atoms with Crippen molar-refractivity contribution in [1.82, 2.24) is 4.98 Å². The Morgan fingerprint density at radius 2 is 1.86 bits per heavy atom. The number of thiophene rings is 1. The standard InChI is InChI=1S/C21H18BrNO4S2/c1-12(22)9-11-29(26,27)14-4-2-13(3-5-14)18-17(24)7-6-16-19(18)15-8-10-28-20(15)21(25)23-16/h2-8,10,12,24H,9,11H2,1H3,(H,23,25). The van der Waals surface area contributed by atoms with E-state index in [1.54, 1.807) is 30.3 Å². The Kier molecular flexibility index (Phi) is 5.27. The molecule has 0 bridgehead atoms. The van der Waals surface area contributed by atoms with E-state index in [4.69, 9.17) is 0 Å². The SMILES string of the molecule is CC(Br)CCS(=O)(=O)c1ccc(-c2c(O)ccc3[nH]c(=O)c4sccc4c23)cc1. The average molecular weight is 492 g/mol. The summed E-state index contributed by atoms with van der Waals surface area (Å²) >= 11 is 4.72. The van der Waals surface area contributed by atoms with Gasteiger partial charge in [-0.15, -0.1) is 11.3 Å². The van der Waals surface area contributed by atoms with Crippen molar-refractivity contribution in [2.24, 2.45) is 0 Å². The molecule has 5 nitrogen and oxygen atoms in total. The van der Waals surface area contributed by atoms with Gasteiger partial charge in [0.1, 0.15) is 10.4 Å². The number of rotatable bonds is 5. The summed E-state index contributed by atoms with van der Waals surface area (Å²) in [5.41, 5.74) is 1.71. The number of phenols is 1. The summed E-state index contributed by atoms with van der Waals surface area (Å²) in [6.07, 6.45) is 0.525. The van der Waals surface area contributed by atoms with Crippen LogP contribution in [0.2, 0.25) is 0 Å². The smallest absolute Gasteiger partial charge is 0.266 e. The van der Waals surface area contributed by atoms with Gasteiger partial charge in [0.05, 0.1) is 10.6 Å². The second kappa shape index (κ2) is 7.59. The van der Waals surface area contributed by atoms with Gasteiger partial charge < -0.3 is 10.1 Å². The molecule has 0 aliphatic heterocycles. The highest BCUT2D eigenvalue weighted by atomic mass is 79.9. The Morgan fingerprint density at radius 3 is 2.55 bits per heavy atom. The highest BCUT2D eigenvalue weighted by Crippen LogP contribution is 2.39. The summed E-state index contributed by atoms with van der Waals surface area (Å²) in [5, 5.41) is 13.9. The minimum atomic E-state index is -3.38. The first-order chi connectivity index (χ1) is 13.8. The quantitative estimate of drug-likeness (QED) is 0.381. The molecule has 4 aromatic rings. The number of hydrogen-bond donors (Lipinski definition) is 2. The summed E-state index contributed by atoms with van der Waals surface area (Å²) in [5.74, 6) is 0.135. The number of H-pyrrole nitrogens is 1. The predicted octanol–water partition coefficient (Wildman–Crippen LogP) is 5.06. The maximum absolute atomic E-state index is 12.5. The Labute approximate surface area is 180 Å². The van der Waals surface area contributed by atoms with Crippen molar-refractivity contribution in [3.63, 3.8) is 0 Å². The minimum Gasteiger partial charge on any atom is -0.507 e. The first kappa shape index (κ1) is 20.1. The van der Waals surface area contributed by atoms with Gasteiger partial charge in [0.2, 0.25) is 0 Å². The van der Waals surface area contributed by atoms with Crippen LogP contribution in [0.1, 0.15) is 13.3 Å². The number of aromatic hydroxyl groups is 1. The predicted molar refractivity (Wildman–Crippen MR) is 122 cm³/mol. The molecule has 4 rings (SSSR count). The lowest BCUT2D eigenvalue weighted by Crippen LogP contribution is -2.09. The van der Waals surface area contributed by atoms with Crippen molar-refractivity contribution in [2.75, 3.05) is 5.75 Å². The van der Waals surface area contributed by atoms with E-state index < -0.39 is 9.84 Å². The molecule has 0 fully saturated rings. The zero-order valence-corrected chi connectivity index (χ0v) is 18.7. The summed E-state index contributed by atoms with van der Waals surface area (Å²) < 4.78 is 25.7. The second-order valence-electron chi connectivity index (χ2n) is 6.91. The highest BCUT2D eigenvalue weighted by molar-refractivity contribution is 9.09. The lowest BCUT2D eigenvalue weighted by molar-refractivity contribution is 0.478. The molecule has 0 aliphatic carbocycles. The number of hydrogen-bond acceptors (Lipinski definition) is 5. The number of aromatic nitrogens is 1. The number of benzene rings is 2. The van der Waals surface area contributed by atoms with E-state index in [1.165, 1.54) is 17.4 Å². The fourth-order valence-electron chi connectivity index (χ4n) is 3.39. The maximum Gasteiger partial charge on any atom is 0.266 e. The number of pyridine rings is 1. The number of sulfone groups is 1. The molecule has 150 valence electrons. The van der Waals surface area contributed by atoms with Crippen LogP contribution in [-0.2, 0) is 9.84 Å². The van der Waals surface area contributed by atoms with Crippen molar-refractivity contribution < 1.29 is 13.5 Å². The van der Waals surface area contributed by atoms with Crippen LogP contribution in [-0.4, -0.2) is 29.1 Å². The minimum absolute atomic E-state index is 0.0645. The van der Waals surface area contributed by atoms with Crippen molar-refractivity contribution >= 4 is 58.1 Å². The van der Waals surface area contributed by atoms with Gasteiger partial charge in [-0.2, -0.15) is 0 Å². The highest BCUT2D eigenvalue weighted by Gasteiger charge is 2.18. The van der Waals surface area contributed by atoms with Gasteiger partial charge in [0, 0.05) is 26.7 Å². The van der Waals surface area contributed by atoms with E-state index in [0.717, 1.165) is 10.8 Å². The third-order valence-corrected chi connectivity index (χ3v) is 7.99. The Bertz CT molecular complexity index is 1370. The zero-order valence-electron chi connectivity index (χ0n) is 15.5. The van der Waals surface area contributed by atoms with Crippen LogP contribution < -0.4 is 5.56 Å². The number of fused-ring (bicyclic) bond motifs is 3. The summed E-state index contributed by atoms with van der Waals surface area (Å²) in [6, 6.07) is 11.6. The number of aromatic amines is 1. The van der Waals surface area contributed by atoms with Crippen LogP contribution in [0.15, 0.2) is 57.5 Å². The van der Waals surface area contributed by atoms with Gasteiger partial charge in [-0.25, -0.2) is 8.42 Å². The van der Waals surface area contributed by atoms with Gasteiger partial charge in [0.25, 0.3) is 5.56 Å². The van der Waals surface area contributed by atoms with Crippen molar-refractivity contribution in [2.45, 2.75) is 23.1 Å². The average Bonchev–Trinajstić information content (AvgIpc) is 3.18. The molecule has 1 atom stereocenters. The molecular weight excluding hydrogens is 474 g/mol. The molecule has 0 saturated heterocycles. The van der Waals surface area contributed by atoms with E-state index in [1.807, 2.05) is 18.4 Å². The normalized spacial score (nSPS) is 13.2. The maximum atomic E-state index is 12.5. The van der Waals surface area contributed by atoms with Crippen LogP contribution in [0, 0.1) is 0 Å². The van der Waals surface area contributed by atoms with Gasteiger partial charge >= 0.3 is 0 Å². The molecule has 2 aromatic carbocycles. The lowest BCUT2D eigenvalue weighted by atomic mass is 9.97. The Balaban J connectivity index is 1.86. The van der Waals surface area contributed by atoms with Crippen molar-refractivity contribution in [3.05, 3.63) is 58.2 Å². The van der Waals surface area contributed by atoms with E-state index in [2.05, 4.69) is 20.9 Å². The third kappa shape index (κ3) is 3.72. The number of phenolic OH excluding ortho intramolecular Hbond substituents is 1. The molecule has 2 heterocycles. The largest absolute Gasteiger partial charge is 0.507 e. The molecule has 29 heavy (non-hydrogen) atoms. The van der Waals surface area contributed by atoms with Gasteiger partial charge in [-0.3, -0.25) is 4.79 Å². The molecule has 2 N–H and O–H groups in total. The van der Waals surface area contributed by atoms with Crippen LogP contribution in [0.4, 0.5) is 0 Å². The van der Waals surface area contributed by atoms with Crippen LogP contribution in [0.5, 0.6) is 5.75 Å². The Morgan fingerprint density at radius 1 is 1.14 bits per heavy atom. The monoisotopic (exact) mass is 491 g/mol. The second-order valence-corrected chi connectivity index (χ2v) is 11.5. The first-order valence-corrected chi connectivity index (χ1v) is 12.4. The topological polar surface area (TPSA) is 87.2 Å². The van der Waals surface area contributed by atoms with Gasteiger partial charge in [-0.1, -0.05) is 35.0 Å². The van der Waals surface area contributed by atoms with Crippen molar-refractivity contribution in [3.8, 4) is 16.9 Å². The third-order valence-electron chi connectivity index (χ3n) is 4.86. The van der Waals surface area contributed by atoms with E-state index >= 15 is 0 Å². The molecule has 0 radical (unpaired) electrons. The fraction of sp³-hybridized carbons (Fsp3) is 0.190. The molecule has 0 aliphatic rings. The molecule has 2 aromatic heterocycles.